The number of hydrazone groups is 1. The highest BCUT2D eigenvalue weighted by Gasteiger charge is 2.34. The molecule has 0 saturated carbocycles. The van der Waals surface area contributed by atoms with Crippen LogP contribution in [0.4, 0.5) is 11.4 Å². The van der Waals surface area contributed by atoms with Gasteiger partial charge in [-0.25, -0.2) is 0 Å². The number of nitriles is 1. The molecule has 5 aromatic carbocycles. The maximum atomic E-state index is 14.0. The Labute approximate surface area is 234 Å². The van der Waals surface area contributed by atoms with Crippen LogP contribution in [0.25, 0.3) is 0 Å². The van der Waals surface area contributed by atoms with Crippen molar-refractivity contribution in [1.82, 2.24) is 0 Å². The molecule has 0 bridgehead atoms. The SMILES string of the molecule is N#CC(/C(=N/Nc1ccccc1)C(=O)Nc1ccccc1)=P(c1ccccc1)(c1ccccc1)c1ccccc1. The minimum Gasteiger partial charge on any atom is -0.321 e. The lowest BCUT2D eigenvalue weighted by Gasteiger charge is -2.30. The molecule has 0 radical (unpaired) electrons. The van der Waals surface area contributed by atoms with Gasteiger partial charge in [0.2, 0.25) is 0 Å². The molecule has 0 spiro atoms. The number of anilines is 2. The Hall–Kier alpha value is -5.17. The average molecular weight is 539 g/mol. The third-order valence-corrected chi connectivity index (χ3v) is 10.6. The minimum atomic E-state index is -2.88. The molecule has 0 aromatic heterocycles. The second kappa shape index (κ2) is 12.6. The largest absolute Gasteiger partial charge is 0.321 e. The molecule has 0 aliphatic heterocycles. The molecule has 0 atom stereocenters. The first-order valence-electron chi connectivity index (χ1n) is 12.8. The van der Waals surface area contributed by atoms with E-state index in [-0.39, 0.29) is 5.71 Å². The molecule has 0 aliphatic rings. The molecule has 0 saturated heterocycles. The van der Waals surface area contributed by atoms with Crippen molar-refractivity contribution in [2.75, 3.05) is 10.7 Å². The van der Waals surface area contributed by atoms with Gasteiger partial charge in [-0.15, -0.1) is 0 Å². The summed E-state index contributed by atoms with van der Waals surface area (Å²) in [5.41, 5.74) is 4.37. The summed E-state index contributed by atoms with van der Waals surface area (Å²) in [6, 6.07) is 50.9. The molecule has 5 nitrogen and oxygen atoms in total. The normalized spacial score (nSPS) is 11.2. The first-order chi connectivity index (χ1) is 19.7. The molecule has 2 N–H and O–H groups in total. The summed E-state index contributed by atoms with van der Waals surface area (Å²) < 4.78 is 0. The first kappa shape index (κ1) is 26.4. The van der Waals surface area contributed by atoms with Crippen LogP contribution in [0, 0.1) is 11.3 Å². The molecule has 5 rings (SSSR count). The fourth-order valence-corrected chi connectivity index (χ4v) is 8.78. The van der Waals surface area contributed by atoms with Crippen LogP contribution in [-0.2, 0) is 4.79 Å². The number of nitrogens with one attached hydrogen (secondary N) is 2. The van der Waals surface area contributed by atoms with Crippen LogP contribution in [0.2, 0.25) is 0 Å². The molecule has 40 heavy (non-hydrogen) atoms. The Balaban J connectivity index is 1.87. The van der Waals surface area contributed by atoms with E-state index in [9.17, 15) is 10.1 Å². The molecular weight excluding hydrogens is 511 g/mol. The van der Waals surface area contributed by atoms with E-state index in [2.05, 4.69) is 21.9 Å². The summed E-state index contributed by atoms with van der Waals surface area (Å²) in [7, 11) is 0. The van der Waals surface area contributed by atoms with E-state index < -0.39 is 12.8 Å². The number of rotatable bonds is 8. The lowest BCUT2D eigenvalue weighted by Crippen LogP contribution is -2.38. The van der Waals surface area contributed by atoms with Gasteiger partial charge in [0.1, 0.15) is 6.07 Å². The fraction of sp³-hybridized carbons (Fsp3) is 0. The number of carbonyl (C=O) groups is 1. The van der Waals surface area contributed by atoms with Crippen LogP contribution in [-0.4, -0.2) is 16.9 Å². The van der Waals surface area contributed by atoms with Crippen molar-refractivity contribution < 1.29 is 4.79 Å². The lowest BCUT2D eigenvalue weighted by molar-refractivity contribution is -0.110. The zero-order chi connectivity index (χ0) is 27.6. The minimum absolute atomic E-state index is 0.0279. The molecule has 0 heterocycles. The third-order valence-electron chi connectivity index (χ3n) is 6.41. The number of nitrogens with zero attached hydrogens (tertiary/aromatic N) is 2. The second-order valence-corrected chi connectivity index (χ2v) is 12.2. The summed E-state index contributed by atoms with van der Waals surface area (Å²) in [6.45, 7) is -2.88. The van der Waals surface area contributed by atoms with Gasteiger partial charge in [0.25, 0.3) is 5.91 Å². The summed E-state index contributed by atoms with van der Waals surface area (Å²) in [5.74, 6) is -0.474. The Kier molecular flexibility index (Phi) is 8.32. The fourth-order valence-electron chi connectivity index (χ4n) is 4.63. The third kappa shape index (κ3) is 5.49. The van der Waals surface area contributed by atoms with Crippen LogP contribution < -0.4 is 26.7 Å². The highest BCUT2D eigenvalue weighted by Crippen LogP contribution is 2.46. The number of para-hydroxylation sites is 2. The Morgan fingerprint density at radius 3 is 1.35 bits per heavy atom. The maximum absolute atomic E-state index is 14.0. The zero-order valence-corrected chi connectivity index (χ0v) is 22.6. The van der Waals surface area contributed by atoms with E-state index >= 15 is 0 Å². The van der Waals surface area contributed by atoms with Crippen molar-refractivity contribution in [3.8, 4) is 6.07 Å². The van der Waals surface area contributed by atoms with Crippen LogP contribution >= 0.6 is 6.89 Å². The smallest absolute Gasteiger partial charge is 0.277 e. The number of hydrogen-bond acceptors (Lipinski definition) is 4. The van der Waals surface area contributed by atoms with Gasteiger partial charge in [0, 0.05) is 5.69 Å². The van der Waals surface area contributed by atoms with Crippen LogP contribution in [0.3, 0.4) is 0 Å². The molecule has 194 valence electrons. The Bertz CT molecular complexity index is 1590. The van der Waals surface area contributed by atoms with Crippen molar-refractivity contribution in [1.29, 1.82) is 5.26 Å². The molecule has 6 heteroatoms. The lowest BCUT2D eigenvalue weighted by atomic mass is 10.2. The quantitative estimate of drug-likeness (QED) is 0.149. The molecule has 0 unspecified atom stereocenters. The van der Waals surface area contributed by atoms with Gasteiger partial charge in [-0.05, 0) is 47.1 Å². The maximum Gasteiger partial charge on any atom is 0.277 e. The van der Waals surface area contributed by atoms with E-state index in [1.165, 1.54) is 0 Å². The van der Waals surface area contributed by atoms with Gasteiger partial charge in [0.05, 0.1) is 11.0 Å². The molecule has 1 amide bonds. The highest BCUT2D eigenvalue weighted by molar-refractivity contribution is 7.97. The predicted molar refractivity (Wildman–Crippen MR) is 168 cm³/mol. The van der Waals surface area contributed by atoms with Crippen LogP contribution in [0.1, 0.15) is 0 Å². The van der Waals surface area contributed by atoms with Crippen molar-refractivity contribution in [2.24, 2.45) is 5.10 Å². The number of carbonyl (C=O) groups excluding carboxylic acids is 1. The second-order valence-electron chi connectivity index (χ2n) is 8.90. The van der Waals surface area contributed by atoms with E-state index in [0.717, 1.165) is 15.9 Å². The van der Waals surface area contributed by atoms with E-state index in [4.69, 9.17) is 0 Å². The Morgan fingerprint density at radius 1 is 0.575 bits per heavy atom. The van der Waals surface area contributed by atoms with Crippen molar-refractivity contribution >= 4 is 51.1 Å². The molecular formula is C34H27N4OP. The van der Waals surface area contributed by atoms with Gasteiger partial charge in [-0.1, -0.05) is 127 Å². The average Bonchev–Trinajstić information content (AvgIpc) is 3.03. The standard InChI is InChI=1S/C34H27N4OP/c35-26-32(33(38-37-28-18-8-2-9-19-28)34(39)36-27-16-6-1-7-17-27)40(29-20-10-3-11-21-29,30-22-12-4-13-23-30)31-24-14-5-15-25-31/h1-25,37H,(H,36,39)/b38-33-. The van der Waals surface area contributed by atoms with E-state index in [1.54, 1.807) is 12.1 Å². The Morgan fingerprint density at radius 2 is 0.950 bits per heavy atom. The summed E-state index contributed by atoms with van der Waals surface area (Å²) in [4.78, 5) is 14.0. The van der Waals surface area contributed by atoms with E-state index in [1.807, 2.05) is 140 Å². The molecule has 0 fully saturated rings. The van der Waals surface area contributed by atoms with Gasteiger partial charge in [-0.3, -0.25) is 10.2 Å². The van der Waals surface area contributed by atoms with Gasteiger partial charge < -0.3 is 5.32 Å². The van der Waals surface area contributed by atoms with Crippen molar-refractivity contribution in [2.45, 2.75) is 0 Å². The first-order valence-corrected chi connectivity index (χ1v) is 14.6. The topological polar surface area (TPSA) is 77.3 Å². The van der Waals surface area contributed by atoms with Crippen molar-refractivity contribution in [3.63, 3.8) is 0 Å². The summed E-state index contributed by atoms with van der Waals surface area (Å²) in [6.07, 6.45) is 0. The summed E-state index contributed by atoms with van der Waals surface area (Å²) in [5, 5.41) is 21.7. The van der Waals surface area contributed by atoms with E-state index in [0.29, 0.717) is 16.7 Å². The number of hydrogen-bond donors (Lipinski definition) is 2. The summed E-state index contributed by atoms with van der Waals surface area (Å²) >= 11 is 0. The predicted octanol–water partition coefficient (Wildman–Crippen LogP) is 5.78. The number of amides is 1. The van der Waals surface area contributed by atoms with Gasteiger partial charge in [-0.2, -0.15) is 10.4 Å². The molecule has 0 aliphatic carbocycles. The van der Waals surface area contributed by atoms with Crippen LogP contribution in [0.15, 0.2) is 157 Å². The monoisotopic (exact) mass is 538 g/mol. The van der Waals surface area contributed by atoms with Gasteiger partial charge in [0.15, 0.2) is 5.71 Å². The van der Waals surface area contributed by atoms with Crippen molar-refractivity contribution in [3.05, 3.63) is 152 Å². The molecule has 5 aromatic rings. The highest BCUT2D eigenvalue weighted by atomic mass is 31.2. The zero-order valence-electron chi connectivity index (χ0n) is 21.7. The van der Waals surface area contributed by atoms with Gasteiger partial charge >= 0.3 is 0 Å². The number of benzene rings is 5. The van der Waals surface area contributed by atoms with Crippen LogP contribution in [0.5, 0.6) is 0 Å².